The molecule has 0 aromatic carbocycles. The largest absolute Gasteiger partial charge is 0.480 e. The first-order chi connectivity index (χ1) is 14.8. The normalized spacial score (nSPS) is 25.5. The van der Waals surface area contributed by atoms with Gasteiger partial charge in [-0.05, 0) is 22.2 Å². The molecule has 1 saturated carbocycles. The van der Waals surface area contributed by atoms with E-state index in [9.17, 15) is 24.3 Å². The highest BCUT2D eigenvalue weighted by atomic mass is 16.4. The molecular weight excluding hydrogens is 424 g/mol. The molecule has 0 aromatic rings. The van der Waals surface area contributed by atoms with E-state index < -0.39 is 29.5 Å². The third-order valence-electron chi connectivity index (χ3n) is 7.48. The first-order valence-electron chi connectivity index (χ1n) is 11.6. The van der Waals surface area contributed by atoms with E-state index in [1.165, 1.54) is 16.7 Å². The maximum Gasteiger partial charge on any atom is 0.326 e. The van der Waals surface area contributed by atoms with Crippen LogP contribution in [-0.2, 0) is 14.4 Å². The number of rotatable bonds is 6. The standard InChI is InChI=1S/C24H42N4O5/c1-13(29)27(10)12-15(22(2,3)4)25-21(33)26-18(23(5,6)7)19(30)28-11-14-16(24(14,8)9)17(28)20(31)32/h14-18H,11-12H2,1-10H3,(H,31,32)(H2,25,26,33)/t14-,15+,16-,17-,18+/m0/s1. The van der Waals surface area contributed by atoms with Crippen molar-refractivity contribution in [2.45, 2.75) is 80.4 Å². The summed E-state index contributed by atoms with van der Waals surface area (Å²) in [6.07, 6.45) is 0. The molecule has 1 aliphatic carbocycles. The minimum absolute atomic E-state index is 0.0687. The topological polar surface area (TPSA) is 119 Å². The second kappa shape index (κ2) is 8.80. The summed E-state index contributed by atoms with van der Waals surface area (Å²) < 4.78 is 0. The summed E-state index contributed by atoms with van der Waals surface area (Å²) in [6.45, 7) is 17.7. The fourth-order valence-electron chi connectivity index (χ4n) is 4.88. The Morgan fingerprint density at radius 1 is 1.06 bits per heavy atom. The number of urea groups is 1. The van der Waals surface area contributed by atoms with Crippen LogP contribution in [0.2, 0.25) is 0 Å². The first-order valence-corrected chi connectivity index (χ1v) is 11.6. The second-order valence-electron chi connectivity index (χ2n) is 12.5. The zero-order valence-electron chi connectivity index (χ0n) is 21.8. The van der Waals surface area contributed by atoms with Gasteiger partial charge in [0.2, 0.25) is 11.8 Å². The molecule has 2 rings (SSSR count). The van der Waals surface area contributed by atoms with Crippen molar-refractivity contribution in [3.63, 3.8) is 0 Å². The minimum Gasteiger partial charge on any atom is -0.480 e. The number of hydrogen-bond acceptors (Lipinski definition) is 4. The summed E-state index contributed by atoms with van der Waals surface area (Å²) in [5.41, 5.74) is -1.06. The lowest BCUT2D eigenvalue weighted by molar-refractivity contribution is -0.152. The average Bonchev–Trinajstić information content (AvgIpc) is 3.00. The van der Waals surface area contributed by atoms with Crippen LogP contribution in [0.5, 0.6) is 0 Å². The SMILES string of the molecule is CC(=O)N(C)C[C@@H](NC(=O)N[C@H](C(=O)N1C[C@H]2[C@@H]([C@H]1C(=O)O)C2(C)C)C(C)(C)C)C(C)(C)C. The third kappa shape index (κ3) is 5.61. The van der Waals surface area contributed by atoms with Crippen LogP contribution in [0.25, 0.3) is 0 Å². The van der Waals surface area contributed by atoms with Crippen molar-refractivity contribution in [3.05, 3.63) is 0 Å². The zero-order valence-corrected chi connectivity index (χ0v) is 21.8. The van der Waals surface area contributed by atoms with E-state index in [0.29, 0.717) is 13.1 Å². The molecule has 0 radical (unpaired) electrons. The number of fused-ring (bicyclic) bond motifs is 1. The molecule has 5 atom stereocenters. The minimum atomic E-state index is -1.00. The van der Waals surface area contributed by atoms with Gasteiger partial charge < -0.3 is 25.5 Å². The second-order valence-corrected chi connectivity index (χ2v) is 12.5. The van der Waals surface area contributed by atoms with Crippen molar-refractivity contribution < 1.29 is 24.3 Å². The lowest BCUT2D eigenvalue weighted by Gasteiger charge is -2.38. The Bertz CT molecular complexity index is 811. The number of hydrogen-bond donors (Lipinski definition) is 3. The predicted octanol–water partition coefficient (Wildman–Crippen LogP) is 2.16. The van der Waals surface area contributed by atoms with Crippen molar-refractivity contribution in [1.29, 1.82) is 0 Å². The molecule has 4 amide bonds. The van der Waals surface area contributed by atoms with Gasteiger partial charge in [-0.2, -0.15) is 0 Å². The fourth-order valence-corrected chi connectivity index (χ4v) is 4.88. The van der Waals surface area contributed by atoms with E-state index in [1.807, 2.05) is 55.4 Å². The van der Waals surface area contributed by atoms with E-state index >= 15 is 0 Å². The summed E-state index contributed by atoms with van der Waals surface area (Å²) in [4.78, 5) is 53.2. The summed E-state index contributed by atoms with van der Waals surface area (Å²) >= 11 is 0. The van der Waals surface area contributed by atoms with Gasteiger partial charge in [0.1, 0.15) is 12.1 Å². The molecule has 2 aliphatic rings. The summed E-state index contributed by atoms with van der Waals surface area (Å²) in [6, 6.07) is -2.64. The number of nitrogens with one attached hydrogen (secondary N) is 2. The number of carbonyl (C=O) groups is 4. The summed E-state index contributed by atoms with van der Waals surface area (Å²) in [5.74, 6) is -1.39. The molecule has 2 fully saturated rings. The molecule has 188 valence electrons. The maximum absolute atomic E-state index is 13.5. The van der Waals surface area contributed by atoms with Crippen LogP contribution in [0.15, 0.2) is 0 Å². The molecule has 0 aromatic heterocycles. The Hall–Kier alpha value is -2.32. The monoisotopic (exact) mass is 466 g/mol. The maximum atomic E-state index is 13.5. The van der Waals surface area contributed by atoms with Gasteiger partial charge in [0, 0.05) is 33.0 Å². The molecule has 0 spiro atoms. The van der Waals surface area contributed by atoms with Gasteiger partial charge in [-0.1, -0.05) is 55.4 Å². The van der Waals surface area contributed by atoms with E-state index in [2.05, 4.69) is 10.6 Å². The lowest BCUT2D eigenvalue weighted by atomic mass is 9.85. The zero-order chi connectivity index (χ0) is 25.7. The van der Waals surface area contributed by atoms with Crippen LogP contribution < -0.4 is 10.6 Å². The predicted molar refractivity (Wildman–Crippen MR) is 125 cm³/mol. The number of carboxylic acids is 1. The molecule has 1 saturated heterocycles. The van der Waals surface area contributed by atoms with Crippen LogP contribution in [0, 0.1) is 28.1 Å². The summed E-state index contributed by atoms with van der Waals surface area (Å²) in [7, 11) is 1.67. The van der Waals surface area contributed by atoms with Crippen molar-refractivity contribution >= 4 is 23.8 Å². The number of carboxylic acid groups (broad SMARTS) is 1. The first kappa shape index (κ1) is 26.9. The Labute approximate surface area is 197 Å². The van der Waals surface area contributed by atoms with Crippen molar-refractivity contribution in [1.82, 2.24) is 20.4 Å². The van der Waals surface area contributed by atoms with Crippen LogP contribution in [0.4, 0.5) is 4.79 Å². The highest BCUT2D eigenvalue weighted by molar-refractivity contribution is 5.92. The van der Waals surface area contributed by atoms with Gasteiger partial charge in [-0.3, -0.25) is 9.59 Å². The highest BCUT2D eigenvalue weighted by Crippen LogP contribution is 2.65. The van der Waals surface area contributed by atoms with Gasteiger partial charge in [0.05, 0.1) is 6.04 Å². The Balaban J connectivity index is 2.19. The van der Waals surface area contributed by atoms with Crippen LogP contribution in [0.1, 0.15) is 62.3 Å². The van der Waals surface area contributed by atoms with Gasteiger partial charge in [-0.15, -0.1) is 0 Å². The lowest BCUT2D eigenvalue weighted by Crippen LogP contribution is -2.61. The number of piperidine rings is 1. The van der Waals surface area contributed by atoms with Gasteiger partial charge in [-0.25, -0.2) is 9.59 Å². The number of likely N-dealkylation sites (N-methyl/N-ethyl adjacent to an activating group) is 1. The summed E-state index contributed by atoms with van der Waals surface area (Å²) in [5, 5.41) is 15.6. The molecule has 9 nitrogen and oxygen atoms in total. The highest BCUT2D eigenvalue weighted by Gasteiger charge is 2.70. The van der Waals surface area contributed by atoms with Crippen LogP contribution in [-0.4, -0.2) is 77.0 Å². The average molecular weight is 467 g/mol. The number of likely N-dealkylation sites (tertiary alicyclic amines) is 1. The Morgan fingerprint density at radius 2 is 1.61 bits per heavy atom. The van der Waals surface area contributed by atoms with Gasteiger partial charge in [0.15, 0.2) is 0 Å². The number of amides is 4. The number of aliphatic carboxylic acids is 1. The third-order valence-corrected chi connectivity index (χ3v) is 7.48. The van der Waals surface area contributed by atoms with Crippen LogP contribution >= 0.6 is 0 Å². The van der Waals surface area contributed by atoms with Crippen LogP contribution in [0.3, 0.4) is 0 Å². The smallest absolute Gasteiger partial charge is 0.326 e. The molecule has 33 heavy (non-hydrogen) atoms. The quantitative estimate of drug-likeness (QED) is 0.554. The molecule has 0 unspecified atom stereocenters. The van der Waals surface area contributed by atoms with Gasteiger partial charge in [0.25, 0.3) is 0 Å². The van der Waals surface area contributed by atoms with Crippen molar-refractivity contribution in [3.8, 4) is 0 Å². The Kier molecular flexibility index (Phi) is 7.18. The molecule has 1 aliphatic heterocycles. The number of nitrogens with zero attached hydrogens (tertiary/aromatic N) is 2. The molecular formula is C24H42N4O5. The van der Waals surface area contributed by atoms with Crippen molar-refractivity contribution in [2.75, 3.05) is 20.1 Å². The molecule has 1 heterocycles. The van der Waals surface area contributed by atoms with Gasteiger partial charge >= 0.3 is 12.0 Å². The van der Waals surface area contributed by atoms with E-state index in [4.69, 9.17) is 0 Å². The molecule has 0 bridgehead atoms. The molecule has 9 heteroatoms. The fraction of sp³-hybridized carbons (Fsp3) is 0.833. The van der Waals surface area contributed by atoms with Crippen molar-refractivity contribution in [2.24, 2.45) is 28.1 Å². The Morgan fingerprint density at radius 3 is 2.03 bits per heavy atom. The molecule has 3 N–H and O–H groups in total. The van der Waals surface area contributed by atoms with E-state index in [0.717, 1.165) is 0 Å². The van der Waals surface area contributed by atoms with E-state index in [1.54, 1.807) is 7.05 Å². The van der Waals surface area contributed by atoms with E-state index in [-0.39, 0.29) is 40.5 Å². The number of carbonyl (C=O) groups excluding carboxylic acids is 3.